The van der Waals surface area contributed by atoms with Gasteiger partial charge in [0.05, 0.1) is 19.2 Å². The first-order chi connectivity index (χ1) is 17.3. The van der Waals surface area contributed by atoms with E-state index in [1.54, 1.807) is 46.0 Å². The molecular formula is C26H37N3O8. The van der Waals surface area contributed by atoms with Gasteiger partial charge in [0, 0.05) is 39.1 Å². The molecule has 2 rings (SSSR count). The predicted molar refractivity (Wildman–Crippen MR) is 136 cm³/mol. The standard InChI is InChI=1S/C26H37N3O8/c1-16(28(17(2)30)15-22(34-6)35-7)23(31)27-20(24(32)36-8)13-18-14-29(25(33)37-26(3,4)5)21-12-10-9-11-19(18)21/h9-12,14,16,20,22H,13,15H2,1-8H3,(H,27,31)/t16-,20-/m0/s1. The fourth-order valence-corrected chi connectivity index (χ4v) is 3.83. The molecule has 1 aromatic heterocycles. The van der Waals surface area contributed by atoms with Crippen molar-refractivity contribution >= 4 is 34.8 Å². The molecule has 1 heterocycles. The highest BCUT2D eigenvalue weighted by molar-refractivity contribution is 5.93. The molecule has 0 aliphatic heterocycles. The zero-order valence-electron chi connectivity index (χ0n) is 22.7. The Morgan fingerprint density at radius 2 is 1.68 bits per heavy atom. The summed E-state index contributed by atoms with van der Waals surface area (Å²) in [6.45, 7) is 8.20. The van der Waals surface area contributed by atoms with Gasteiger partial charge in [0.1, 0.15) is 17.7 Å². The quantitative estimate of drug-likeness (QED) is 0.375. The molecule has 0 unspecified atom stereocenters. The normalized spacial score (nSPS) is 13.2. The van der Waals surface area contributed by atoms with Gasteiger partial charge in [0.2, 0.25) is 11.8 Å². The molecule has 11 heteroatoms. The Morgan fingerprint density at radius 3 is 2.22 bits per heavy atom. The first-order valence-corrected chi connectivity index (χ1v) is 11.9. The van der Waals surface area contributed by atoms with Gasteiger partial charge in [0.25, 0.3) is 0 Å². The van der Waals surface area contributed by atoms with E-state index in [9.17, 15) is 19.2 Å². The highest BCUT2D eigenvalue weighted by atomic mass is 16.7. The number of hydrogen-bond donors (Lipinski definition) is 1. The van der Waals surface area contributed by atoms with Gasteiger partial charge in [-0.25, -0.2) is 9.59 Å². The van der Waals surface area contributed by atoms with Crippen LogP contribution in [0.25, 0.3) is 10.9 Å². The number of aromatic nitrogens is 1. The summed E-state index contributed by atoms with van der Waals surface area (Å²) in [7, 11) is 4.08. The van der Waals surface area contributed by atoms with Crippen LogP contribution in [0.15, 0.2) is 30.5 Å². The first kappa shape index (κ1) is 29.8. The Morgan fingerprint density at radius 1 is 1.05 bits per heavy atom. The zero-order chi connectivity index (χ0) is 27.9. The Bertz CT molecular complexity index is 1120. The fourth-order valence-electron chi connectivity index (χ4n) is 3.83. The van der Waals surface area contributed by atoms with Crippen molar-refractivity contribution in [3.8, 4) is 0 Å². The first-order valence-electron chi connectivity index (χ1n) is 11.9. The number of nitrogens with zero attached hydrogens (tertiary/aromatic N) is 2. The van der Waals surface area contributed by atoms with Crippen LogP contribution in [0.5, 0.6) is 0 Å². The van der Waals surface area contributed by atoms with E-state index in [4.69, 9.17) is 18.9 Å². The Kier molecular flexibility index (Phi) is 10.2. The van der Waals surface area contributed by atoms with E-state index in [1.807, 2.05) is 12.1 Å². The third-order valence-corrected chi connectivity index (χ3v) is 5.73. The van der Waals surface area contributed by atoms with Crippen LogP contribution in [0.3, 0.4) is 0 Å². The second kappa shape index (κ2) is 12.7. The summed E-state index contributed by atoms with van der Waals surface area (Å²) in [6, 6.07) is 5.18. The number of rotatable bonds is 10. The van der Waals surface area contributed by atoms with Crippen molar-refractivity contribution in [2.24, 2.45) is 0 Å². The molecule has 37 heavy (non-hydrogen) atoms. The van der Waals surface area contributed by atoms with Crippen molar-refractivity contribution in [2.45, 2.75) is 65.0 Å². The largest absolute Gasteiger partial charge is 0.467 e. The van der Waals surface area contributed by atoms with Gasteiger partial charge in [-0.2, -0.15) is 0 Å². The van der Waals surface area contributed by atoms with E-state index in [1.165, 1.54) is 37.7 Å². The van der Waals surface area contributed by atoms with Crippen LogP contribution < -0.4 is 5.32 Å². The van der Waals surface area contributed by atoms with Crippen molar-refractivity contribution in [3.05, 3.63) is 36.0 Å². The molecule has 0 spiro atoms. The molecule has 11 nitrogen and oxygen atoms in total. The monoisotopic (exact) mass is 519 g/mol. The maximum atomic E-state index is 13.1. The summed E-state index contributed by atoms with van der Waals surface area (Å²) in [5, 5.41) is 3.41. The van der Waals surface area contributed by atoms with Gasteiger partial charge in [-0.05, 0) is 39.3 Å². The SMILES string of the molecule is COC(=O)[C@H](Cc1cn(C(=O)OC(C)(C)C)c2ccccc12)NC(=O)[C@H](C)N(CC(OC)OC)C(C)=O. The molecule has 204 valence electrons. The lowest BCUT2D eigenvalue weighted by Gasteiger charge is -2.30. The lowest BCUT2D eigenvalue weighted by molar-refractivity contribution is -0.153. The molecular weight excluding hydrogens is 482 g/mol. The number of nitrogens with one attached hydrogen (secondary N) is 1. The Labute approximate surface area is 217 Å². The van der Waals surface area contributed by atoms with Crippen LogP contribution in [0.1, 0.15) is 40.2 Å². The molecule has 0 aliphatic carbocycles. The average Bonchev–Trinajstić information content (AvgIpc) is 3.20. The molecule has 0 fully saturated rings. The molecule has 2 atom stereocenters. The number of hydrogen-bond acceptors (Lipinski definition) is 8. The lowest BCUT2D eigenvalue weighted by atomic mass is 10.0. The summed E-state index contributed by atoms with van der Waals surface area (Å²) < 4.78 is 22.1. The average molecular weight is 520 g/mol. The molecule has 1 aromatic carbocycles. The van der Waals surface area contributed by atoms with Gasteiger partial charge in [-0.15, -0.1) is 0 Å². The predicted octanol–water partition coefficient (Wildman–Crippen LogP) is 2.48. The van der Waals surface area contributed by atoms with E-state index >= 15 is 0 Å². The van der Waals surface area contributed by atoms with Crippen LogP contribution in [0, 0.1) is 0 Å². The number of para-hydroxylation sites is 1. The van der Waals surface area contributed by atoms with Crippen LogP contribution in [0.4, 0.5) is 4.79 Å². The highest BCUT2D eigenvalue weighted by Gasteiger charge is 2.31. The van der Waals surface area contributed by atoms with Crippen molar-refractivity contribution in [1.29, 1.82) is 0 Å². The minimum atomic E-state index is -1.08. The van der Waals surface area contributed by atoms with Gasteiger partial charge in [0.15, 0.2) is 6.29 Å². The molecule has 1 N–H and O–H groups in total. The summed E-state index contributed by atoms with van der Waals surface area (Å²) in [4.78, 5) is 52.1. The number of ether oxygens (including phenoxy) is 4. The third-order valence-electron chi connectivity index (χ3n) is 5.73. The van der Waals surface area contributed by atoms with E-state index in [0.717, 1.165) is 5.39 Å². The van der Waals surface area contributed by atoms with Crippen molar-refractivity contribution in [1.82, 2.24) is 14.8 Å². The number of carbonyl (C=O) groups is 4. The molecule has 2 aromatic rings. The number of esters is 1. The summed E-state index contributed by atoms with van der Waals surface area (Å²) in [5.41, 5.74) is 0.532. The fraction of sp³-hybridized carbons (Fsp3) is 0.538. The summed E-state index contributed by atoms with van der Waals surface area (Å²) >= 11 is 0. The highest BCUT2D eigenvalue weighted by Crippen LogP contribution is 2.24. The molecule has 0 radical (unpaired) electrons. The molecule has 2 amide bonds. The summed E-state index contributed by atoms with van der Waals surface area (Å²) in [6.07, 6.45) is 0.341. The minimum absolute atomic E-state index is 0.0171. The minimum Gasteiger partial charge on any atom is -0.467 e. The topological polar surface area (TPSA) is 125 Å². The van der Waals surface area contributed by atoms with E-state index in [-0.39, 0.29) is 18.9 Å². The number of amides is 2. The maximum Gasteiger partial charge on any atom is 0.419 e. The van der Waals surface area contributed by atoms with Crippen LogP contribution >= 0.6 is 0 Å². The lowest BCUT2D eigenvalue weighted by Crippen LogP contribution is -2.54. The molecule has 0 aliphatic rings. The molecule has 0 saturated carbocycles. The Hall–Kier alpha value is -3.44. The van der Waals surface area contributed by atoms with E-state index in [2.05, 4.69) is 5.32 Å². The van der Waals surface area contributed by atoms with Gasteiger partial charge < -0.3 is 29.2 Å². The van der Waals surface area contributed by atoms with E-state index in [0.29, 0.717) is 11.1 Å². The zero-order valence-corrected chi connectivity index (χ0v) is 22.7. The summed E-state index contributed by atoms with van der Waals surface area (Å²) in [5.74, 6) is -1.60. The second-order valence-corrected chi connectivity index (χ2v) is 9.56. The number of benzene rings is 1. The Balaban J connectivity index is 2.34. The number of fused-ring (bicyclic) bond motifs is 1. The van der Waals surface area contributed by atoms with E-state index < -0.39 is 41.9 Å². The van der Waals surface area contributed by atoms with Crippen LogP contribution in [-0.2, 0) is 39.8 Å². The maximum absolute atomic E-state index is 13.1. The van der Waals surface area contributed by atoms with Crippen molar-refractivity contribution in [3.63, 3.8) is 0 Å². The van der Waals surface area contributed by atoms with Crippen LogP contribution in [0.2, 0.25) is 0 Å². The van der Waals surface area contributed by atoms with Crippen molar-refractivity contribution < 1.29 is 38.1 Å². The second-order valence-electron chi connectivity index (χ2n) is 9.56. The third kappa shape index (κ3) is 7.77. The van der Waals surface area contributed by atoms with Gasteiger partial charge in [-0.3, -0.25) is 14.2 Å². The van der Waals surface area contributed by atoms with Crippen LogP contribution in [-0.4, -0.2) is 85.2 Å². The molecule has 0 bridgehead atoms. The number of carbonyl (C=O) groups excluding carboxylic acids is 4. The number of methoxy groups -OCH3 is 3. The smallest absolute Gasteiger partial charge is 0.419 e. The van der Waals surface area contributed by atoms with Gasteiger partial charge >= 0.3 is 12.1 Å². The van der Waals surface area contributed by atoms with Crippen molar-refractivity contribution in [2.75, 3.05) is 27.9 Å². The van der Waals surface area contributed by atoms with Gasteiger partial charge in [-0.1, -0.05) is 18.2 Å². The molecule has 0 saturated heterocycles.